The lowest BCUT2D eigenvalue weighted by atomic mass is 10.1. The van der Waals surface area contributed by atoms with Crippen LogP contribution in [0.2, 0.25) is 0 Å². The van der Waals surface area contributed by atoms with Crippen LogP contribution in [-0.2, 0) is 6.42 Å². The largest absolute Gasteiger partial charge is 0.478 e. The van der Waals surface area contributed by atoms with Crippen molar-refractivity contribution in [3.05, 3.63) is 35.1 Å². The fourth-order valence-electron chi connectivity index (χ4n) is 0.991. The summed E-state index contributed by atoms with van der Waals surface area (Å²) in [7, 11) is 0. The lowest BCUT2D eigenvalue weighted by molar-refractivity contribution is 0.0691. The first-order valence-electron chi connectivity index (χ1n) is 3.61. The minimum Gasteiger partial charge on any atom is -0.478 e. The summed E-state index contributed by atoms with van der Waals surface area (Å²) < 4.78 is 13.2. The van der Waals surface area contributed by atoms with Crippen LogP contribution in [0.3, 0.4) is 0 Å². The highest BCUT2D eigenvalue weighted by molar-refractivity contribution is 5.88. The van der Waals surface area contributed by atoms with Crippen LogP contribution in [0, 0.1) is 18.2 Å². The van der Waals surface area contributed by atoms with Gasteiger partial charge >= 0.3 is 5.97 Å². The summed E-state index contributed by atoms with van der Waals surface area (Å²) in [4.78, 5) is 10.5. The van der Waals surface area contributed by atoms with E-state index in [9.17, 15) is 9.18 Å². The van der Waals surface area contributed by atoms with Crippen molar-refractivity contribution in [3.63, 3.8) is 0 Å². The minimum absolute atomic E-state index is 0.104. The Hall–Kier alpha value is -1.82. The molecule has 1 N–H and O–H groups in total. The normalized spacial score (nSPS) is 9.23. The molecule has 1 rings (SSSR count). The Morgan fingerprint density at radius 2 is 2.31 bits per heavy atom. The molecule has 0 radical (unpaired) electrons. The van der Waals surface area contributed by atoms with E-state index in [0.29, 0.717) is 0 Å². The summed E-state index contributed by atoms with van der Waals surface area (Å²) in [5, 5.41) is 8.57. The predicted molar refractivity (Wildman–Crippen MR) is 45.9 cm³/mol. The molecule has 0 fully saturated rings. The Balaban J connectivity index is 3.20. The summed E-state index contributed by atoms with van der Waals surface area (Å²) >= 11 is 0. The van der Waals surface area contributed by atoms with Crippen LogP contribution < -0.4 is 0 Å². The zero-order valence-electron chi connectivity index (χ0n) is 6.75. The molecule has 0 aliphatic rings. The lowest BCUT2D eigenvalue weighted by Gasteiger charge is -2.01. The van der Waals surface area contributed by atoms with Crippen molar-refractivity contribution in [2.75, 3.05) is 0 Å². The smallest absolute Gasteiger partial charge is 0.338 e. The topological polar surface area (TPSA) is 37.3 Å². The molecule has 0 aliphatic heterocycles. The first-order valence-corrected chi connectivity index (χ1v) is 3.61. The number of hydrogen-bond acceptors (Lipinski definition) is 1. The zero-order chi connectivity index (χ0) is 9.84. The minimum atomic E-state index is -1.28. The maximum Gasteiger partial charge on any atom is 0.338 e. The van der Waals surface area contributed by atoms with Crippen LogP contribution in [0.5, 0.6) is 0 Å². The van der Waals surface area contributed by atoms with E-state index in [2.05, 4.69) is 5.92 Å². The first-order chi connectivity index (χ1) is 6.16. The molecular weight excluding hydrogens is 171 g/mol. The third-order valence-electron chi connectivity index (χ3n) is 1.60. The van der Waals surface area contributed by atoms with E-state index >= 15 is 0 Å². The van der Waals surface area contributed by atoms with Gasteiger partial charge in [0, 0.05) is 12.0 Å². The van der Waals surface area contributed by atoms with Crippen molar-refractivity contribution in [2.24, 2.45) is 0 Å². The Bertz CT molecular complexity index is 377. The molecule has 1 aromatic rings. The lowest BCUT2D eigenvalue weighted by Crippen LogP contribution is -2.03. The maximum atomic E-state index is 13.2. The molecule has 0 heterocycles. The number of carboxylic acid groups (broad SMARTS) is 1. The van der Waals surface area contributed by atoms with E-state index in [1.165, 1.54) is 18.2 Å². The van der Waals surface area contributed by atoms with E-state index in [4.69, 9.17) is 11.5 Å². The van der Waals surface area contributed by atoms with Gasteiger partial charge in [-0.25, -0.2) is 9.18 Å². The third-order valence-corrected chi connectivity index (χ3v) is 1.60. The Morgan fingerprint density at radius 3 is 2.85 bits per heavy atom. The maximum absolute atomic E-state index is 13.2. The van der Waals surface area contributed by atoms with Crippen molar-refractivity contribution in [1.29, 1.82) is 0 Å². The molecular formula is C10H7FO2. The van der Waals surface area contributed by atoms with E-state index in [0.717, 1.165) is 0 Å². The van der Waals surface area contributed by atoms with Crippen LogP contribution in [0.1, 0.15) is 15.9 Å². The summed E-state index contributed by atoms with van der Waals surface area (Å²) in [6.07, 6.45) is 5.10. The highest BCUT2D eigenvalue weighted by atomic mass is 19.1. The SMILES string of the molecule is C#CCc1cccc(C(=O)O)c1F. The van der Waals surface area contributed by atoms with Crippen LogP contribution in [0.25, 0.3) is 0 Å². The molecule has 0 atom stereocenters. The molecule has 0 aromatic heterocycles. The molecule has 0 saturated carbocycles. The number of benzene rings is 1. The molecule has 0 spiro atoms. The first kappa shape index (κ1) is 9.27. The molecule has 0 amide bonds. The highest BCUT2D eigenvalue weighted by Crippen LogP contribution is 2.13. The van der Waals surface area contributed by atoms with Gasteiger partial charge in [0.2, 0.25) is 0 Å². The van der Waals surface area contributed by atoms with Crippen LogP contribution in [0.4, 0.5) is 4.39 Å². The number of rotatable bonds is 2. The van der Waals surface area contributed by atoms with Crippen LogP contribution in [0.15, 0.2) is 18.2 Å². The average Bonchev–Trinajstić information content (AvgIpc) is 2.08. The average molecular weight is 178 g/mol. The van der Waals surface area contributed by atoms with Gasteiger partial charge in [0.25, 0.3) is 0 Å². The monoisotopic (exact) mass is 178 g/mol. The summed E-state index contributed by atoms with van der Waals surface area (Å²) in [6.45, 7) is 0. The highest BCUT2D eigenvalue weighted by Gasteiger charge is 2.12. The molecule has 0 unspecified atom stereocenters. The number of carboxylic acids is 1. The van der Waals surface area contributed by atoms with Gasteiger partial charge in [-0.05, 0) is 6.07 Å². The summed E-state index contributed by atoms with van der Waals surface area (Å²) in [5.74, 6) is 0.234. The number of aromatic carboxylic acids is 1. The Morgan fingerprint density at radius 1 is 1.62 bits per heavy atom. The van der Waals surface area contributed by atoms with Crippen molar-refractivity contribution in [1.82, 2.24) is 0 Å². The Labute approximate surface area is 75.0 Å². The molecule has 2 nitrogen and oxygen atoms in total. The third kappa shape index (κ3) is 1.85. The number of halogens is 1. The Kier molecular flexibility index (Phi) is 2.65. The van der Waals surface area contributed by atoms with E-state index in [1.807, 2.05) is 0 Å². The number of terminal acetylenes is 1. The molecule has 0 saturated heterocycles. The van der Waals surface area contributed by atoms with E-state index in [1.54, 1.807) is 0 Å². The van der Waals surface area contributed by atoms with Crippen molar-refractivity contribution in [2.45, 2.75) is 6.42 Å². The molecule has 0 aliphatic carbocycles. The molecule has 13 heavy (non-hydrogen) atoms. The molecule has 1 aromatic carbocycles. The second-order valence-corrected chi connectivity index (χ2v) is 2.46. The second-order valence-electron chi connectivity index (χ2n) is 2.46. The standard InChI is InChI=1S/C10H7FO2/c1-2-4-7-5-3-6-8(9(7)11)10(12)13/h1,3,5-6H,4H2,(H,12,13). The van der Waals surface area contributed by atoms with Crippen molar-refractivity contribution in [3.8, 4) is 12.3 Å². The predicted octanol–water partition coefficient (Wildman–Crippen LogP) is 1.70. The van der Waals surface area contributed by atoms with Crippen LogP contribution in [-0.4, -0.2) is 11.1 Å². The van der Waals surface area contributed by atoms with E-state index < -0.39 is 11.8 Å². The quantitative estimate of drug-likeness (QED) is 0.700. The summed E-state index contributed by atoms with van der Waals surface area (Å²) in [6, 6.07) is 4.15. The van der Waals surface area contributed by atoms with Crippen molar-refractivity contribution >= 4 is 5.97 Å². The van der Waals surface area contributed by atoms with Crippen LogP contribution >= 0.6 is 0 Å². The zero-order valence-corrected chi connectivity index (χ0v) is 6.75. The molecule has 3 heteroatoms. The van der Waals surface area contributed by atoms with Gasteiger partial charge in [-0.15, -0.1) is 12.3 Å². The van der Waals surface area contributed by atoms with Gasteiger partial charge in [0.15, 0.2) is 0 Å². The van der Waals surface area contributed by atoms with Crippen molar-refractivity contribution < 1.29 is 14.3 Å². The van der Waals surface area contributed by atoms with Gasteiger partial charge in [-0.2, -0.15) is 0 Å². The van der Waals surface area contributed by atoms with Gasteiger partial charge in [0.1, 0.15) is 5.82 Å². The fraction of sp³-hybridized carbons (Fsp3) is 0.100. The second kappa shape index (κ2) is 3.72. The van der Waals surface area contributed by atoms with E-state index in [-0.39, 0.29) is 17.5 Å². The fourth-order valence-corrected chi connectivity index (χ4v) is 0.991. The van der Waals surface area contributed by atoms with Gasteiger partial charge in [0.05, 0.1) is 5.56 Å². The molecule has 66 valence electrons. The summed E-state index contributed by atoms with van der Waals surface area (Å²) in [5.41, 5.74) is -0.102. The number of hydrogen-bond donors (Lipinski definition) is 1. The van der Waals surface area contributed by atoms with Gasteiger partial charge in [-0.3, -0.25) is 0 Å². The molecule has 0 bridgehead atoms. The van der Waals surface area contributed by atoms with Gasteiger partial charge in [-0.1, -0.05) is 12.1 Å². The van der Waals surface area contributed by atoms with Gasteiger partial charge < -0.3 is 5.11 Å². The number of carbonyl (C=O) groups is 1.